The van der Waals surface area contributed by atoms with Crippen LogP contribution in [-0.2, 0) is 10.2 Å². The van der Waals surface area contributed by atoms with Gasteiger partial charge < -0.3 is 0 Å². The average molecular weight is 216 g/mol. The van der Waals surface area contributed by atoms with Gasteiger partial charge in [0.2, 0.25) is 0 Å². The number of carbonyl (C=O) groups excluding carboxylic acids is 1. The summed E-state index contributed by atoms with van der Waals surface area (Å²) in [5, 5.41) is 0. The summed E-state index contributed by atoms with van der Waals surface area (Å²) in [6.07, 6.45) is 3.65. The summed E-state index contributed by atoms with van der Waals surface area (Å²) in [5.74, 6) is 0. The van der Waals surface area contributed by atoms with E-state index in [0.29, 0.717) is 0 Å². The van der Waals surface area contributed by atoms with Crippen LogP contribution in [0.25, 0.3) is 6.08 Å². The monoisotopic (exact) mass is 216 g/mol. The third-order valence-corrected chi connectivity index (χ3v) is 2.69. The molecule has 0 aliphatic rings. The molecule has 0 radical (unpaired) electrons. The van der Waals surface area contributed by atoms with Crippen molar-refractivity contribution >= 4 is 12.4 Å². The topological polar surface area (TPSA) is 17.1 Å². The fourth-order valence-corrected chi connectivity index (χ4v) is 1.51. The molecule has 0 saturated heterocycles. The van der Waals surface area contributed by atoms with Crippen molar-refractivity contribution in [2.75, 3.05) is 0 Å². The van der Waals surface area contributed by atoms with Crippen LogP contribution in [0.1, 0.15) is 45.2 Å². The van der Waals surface area contributed by atoms with Crippen LogP contribution < -0.4 is 0 Å². The van der Waals surface area contributed by atoms with Gasteiger partial charge in [-0.1, -0.05) is 52.0 Å². The highest BCUT2D eigenvalue weighted by Crippen LogP contribution is 2.22. The van der Waals surface area contributed by atoms with Crippen LogP contribution in [0.5, 0.6) is 0 Å². The van der Waals surface area contributed by atoms with Crippen LogP contribution in [-0.4, -0.2) is 6.29 Å². The zero-order valence-corrected chi connectivity index (χ0v) is 10.6. The first-order valence-electron chi connectivity index (χ1n) is 5.73. The lowest BCUT2D eigenvalue weighted by molar-refractivity contribution is -0.104. The van der Waals surface area contributed by atoms with Crippen molar-refractivity contribution in [3.05, 3.63) is 41.0 Å². The summed E-state index contributed by atoms with van der Waals surface area (Å²) in [6, 6.07) is 8.40. The van der Waals surface area contributed by atoms with E-state index in [9.17, 15) is 4.79 Å². The normalized spacial score (nSPS) is 12.6. The van der Waals surface area contributed by atoms with Crippen LogP contribution in [0.15, 0.2) is 29.8 Å². The van der Waals surface area contributed by atoms with Gasteiger partial charge in [0.25, 0.3) is 0 Å². The number of carbonyl (C=O) groups is 1. The molecule has 1 aromatic rings. The van der Waals surface area contributed by atoms with Crippen molar-refractivity contribution < 1.29 is 4.79 Å². The lowest BCUT2D eigenvalue weighted by atomic mass is 9.86. The number of aldehydes is 1. The second-order valence-electron chi connectivity index (χ2n) is 5.06. The van der Waals surface area contributed by atoms with Crippen molar-refractivity contribution in [3.8, 4) is 0 Å². The summed E-state index contributed by atoms with van der Waals surface area (Å²) < 4.78 is 0. The van der Waals surface area contributed by atoms with E-state index in [0.717, 1.165) is 23.8 Å². The van der Waals surface area contributed by atoms with Gasteiger partial charge in [0.1, 0.15) is 6.29 Å². The van der Waals surface area contributed by atoms with Gasteiger partial charge in [0.05, 0.1) is 0 Å². The van der Waals surface area contributed by atoms with E-state index < -0.39 is 0 Å². The molecule has 0 aliphatic heterocycles. The zero-order valence-electron chi connectivity index (χ0n) is 10.6. The predicted octanol–water partition coefficient (Wildman–Crippen LogP) is 3.98. The SMILES string of the molecule is CC/C(C=O)=C\c1ccc(C(C)(C)C)cc1. The summed E-state index contributed by atoms with van der Waals surface area (Å²) in [4.78, 5) is 10.7. The van der Waals surface area contributed by atoms with E-state index in [1.165, 1.54) is 5.56 Å². The first-order valence-corrected chi connectivity index (χ1v) is 5.73. The smallest absolute Gasteiger partial charge is 0.146 e. The molecule has 0 amide bonds. The van der Waals surface area contributed by atoms with Crippen molar-refractivity contribution in [3.63, 3.8) is 0 Å². The first-order chi connectivity index (χ1) is 7.47. The number of hydrogen-bond acceptors (Lipinski definition) is 1. The summed E-state index contributed by atoms with van der Waals surface area (Å²) in [7, 11) is 0. The Hall–Kier alpha value is -1.37. The zero-order chi connectivity index (χ0) is 12.2. The number of benzene rings is 1. The van der Waals surface area contributed by atoms with Crippen LogP contribution >= 0.6 is 0 Å². The molecule has 1 nitrogen and oxygen atoms in total. The maximum Gasteiger partial charge on any atom is 0.146 e. The van der Waals surface area contributed by atoms with Crippen molar-refractivity contribution in [1.29, 1.82) is 0 Å². The number of allylic oxidation sites excluding steroid dienone is 1. The Morgan fingerprint density at radius 2 is 1.75 bits per heavy atom. The molecule has 0 bridgehead atoms. The Morgan fingerprint density at radius 1 is 1.19 bits per heavy atom. The predicted molar refractivity (Wildman–Crippen MR) is 69.5 cm³/mol. The Bertz CT molecular complexity index is 377. The van der Waals surface area contributed by atoms with E-state index in [-0.39, 0.29) is 5.41 Å². The Balaban J connectivity index is 2.96. The highest BCUT2D eigenvalue weighted by molar-refractivity contribution is 5.81. The molecule has 0 N–H and O–H groups in total. The summed E-state index contributed by atoms with van der Waals surface area (Å²) in [5.41, 5.74) is 3.43. The quantitative estimate of drug-likeness (QED) is 0.552. The molecule has 0 fully saturated rings. The Morgan fingerprint density at radius 3 is 2.12 bits per heavy atom. The van der Waals surface area contributed by atoms with E-state index in [1.54, 1.807) is 0 Å². The van der Waals surface area contributed by atoms with Crippen molar-refractivity contribution in [2.45, 2.75) is 39.5 Å². The number of hydrogen-bond donors (Lipinski definition) is 0. The van der Waals surface area contributed by atoms with Gasteiger partial charge in [-0.25, -0.2) is 0 Å². The van der Waals surface area contributed by atoms with Crippen LogP contribution in [0.2, 0.25) is 0 Å². The maximum atomic E-state index is 10.7. The van der Waals surface area contributed by atoms with Gasteiger partial charge in [0, 0.05) is 0 Å². The molecule has 86 valence electrons. The van der Waals surface area contributed by atoms with Gasteiger partial charge in [0.15, 0.2) is 0 Å². The molecule has 0 spiro atoms. The molecular formula is C15H20O. The molecule has 16 heavy (non-hydrogen) atoms. The maximum absolute atomic E-state index is 10.7. The summed E-state index contributed by atoms with van der Waals surface area (Å²) >= 11 is 0. The second-order valence-corrected chi connectivity index (χ2v) is 5.06. The fourth-order valence-electron chi connectivity index (χ4n) is 1.51. The van der Waals surface area contributed by atoms with Gasteiger partial charge >= 0.3 is 0 Å². The molecule has 0 atom stereocenters. The van der Waals surface area contributed by atoms with Crippen molar-refractivity contribution in [1.82, 2.24) is 0 Å². The highest BCUT2D eigenvalue weighted by atomic mass is 16.1. The minimum atomic E-state index is 0.181. The van der Waals surface area contributed by atoms with Crippen LogP contribution in [0.4, 0.5) is 0 Å². The van der Waals surface area contributed by atoms with Crippen molar-refractivity contribution in [2.24, 2.45) is 0 Å². The standard InChI is InChI=1S/C15H20O/c1-5-12(11-16)10-13-6-8-14(9-7-13)15(2,3)4/h6-11H,5H2,1-4H3/b12-10+. The molecule has 0 saturated carbocycles. The average Bonchev–Trinajstić information content (AvgIpc) is 2.25. The first kappa shape index (κ1) is 12.7. The Kier molecular flexibility index (Phi) is 4.05. The molecule has 1 rings (SSSR count). The van der Waals surface area contributed by atoms with E-state index in [2.05, 4.69) is 45.0 Å². The third kappa shape index (κ3) is 3.34. The van der Waals surface area contributed by atoms with Gasteiger partial charge in [-0.05, 0) is 34.6 Å². The molecule has 0 aliphatic carbocycles. The minimum absolute atomic E-state index is 0.181. The Labute approximate surface area is 98.2 Å². The largest absolute Gasteiger partial charge is 0.298 e. The molecule has 0 aromatic heterocycles. The summed E-state index contributed by atoms with van der Waals surface area (Å²) in [6.45, 7) is 8.58. The van der Waals surface area contributed by atoms with E-state index in [1.807, 2.05) is 13.0 Å². The molecule has 1 aromatic carbocycles. The van der Waals surface area contributed by atoms with Crippen LogP contribution in [0, 0.1) is 0 Å². The molecule has 0 unspecified atom stereocenters. The van der Waals surface area contributed by atoms with Gasteiger partial charge in [-0.2, -0.15) is 0 Å². The highest BCUT2D eigenvalue weighted by Gasteiger charge is 2.12. The number of rotatable bonds is 3. The van der Waals surface area contributed by atoms with Crippen LogP contribution in [0.3, 0.4) is 0 Å². The van der Waals surface area contributed by atoms with E-state index >= 15 is 0 Å². The molecule has 1 heteroatoms. The van der Waals surface area contributed by atoms with Gasteiger partial charge in [-0.3, -0.25) is 4.79 Å². The second kappa shape index (κ2) is 5.11. The van der Waals surface area contributed by atoms with Gasteiger partial charge in [-0.15, -0.1) is 0 Å². The lowest BCUT2D eigenvalue weighted by Crippen LogP contribution is -2.10. The fraction of sp³-hybridized carbons (Fsp3) is 0.400. The lowest BCUT2D eigenvalue weighted by Gasteiger charge is -2.18. The molecular weight excluding hydrogens is 196 g/mol. The minimum Gasteiger partial charge on any atom is -0.298 e. The third-order valence-electron chi connectivity index (χ3n) is 2.69. The molecule has 0 heterocycles. The van der Waals surface area contributed by atoms with E-state index in [4.69, 9.17) is 0 Å².